The number of piperazine rings is 1. The van der Waals surface area contributed by atoms with Gasteiger partial charge in [-0.1, -0.05) is 30.3 Å². The molecule has 3 rings (SSSR count). The Bertz CT molecular complexity index is 683. The molecule has 1 fully saturated rings. The fraction of sp³-hybridized carbons (Fsp3) is 0.444. The summed E-state index contributed by atoms with van der Waals surface area (Å²) in [5, 5.41) is 13.1. The highest BCUT2D eigenvalue weighted by Crippen LogP contribution is 2.17. The maximum Gasteiger partial charge on any atom is 0.273 e. The lowest BCUT2D eigenvalue weighted by atomic mass is 10.1. The third-order valence-corrected chi connectivity index (χ3v) is 5.31. The molecule has 1 aromatic heterocycles. The number of rotatable bonds is 6. The van der Waals surface area contributed by atoms with Crippen LogP contribution >= 0.6 is 11.3 Å². The van der Waals surface area contributed by atoms with Gasteiger partial charge in [0.2, 0.25) is 0 Å². The lowest BCUT2D eigenvalue weighted by molar-refractivity contribution is 0.0523. The summed E-state index contributed by atoms with van der Waals surface area (Å²) in [4.78, 5) is 21.0. The van der Waals surface area contributed by atoms with Gasteiger partial charge in [-0.15, -0.1) is 11.3 Å². The molecule has 2 aromatic rings. The number of nitrogens with zero attached hydrogens (tertiary/aromatic N) is 3. The Morgan fingerprint density at radius 2 is 1.96 bits per heavy atom. The summed E-state index contributed by atoms with van der Waals surface area (Å²) in [7, 11) is 0. The predicted molar refractivity (Wildman–Crippen MR) is 98.6 cm³/mol. The molecule has 3 N–H and O–H groups in total. The maximum absolute atomic E-state index is 12.5. The number of hydrogen-bond donors (Lipinski definition) is 2. The van der Waals surface area contributed by atoms with Crippen molar-refractivity contribution in [3.63, 3.8) is 0 Å². The zero-order valence-corrected chi connectivity index (χ0v) is 15.0. The van der Waals surface area contributed by atoms with Gasteiger partial charge < -0.3 is 15.7 Å². The van der Waals surface area contributed by atoms with E-state index in [0.717, 1.165) is 23.7 Å². The molecule has 1 amide bonds. The first-order valence-electron chi connectivity index (χ1n) is 8.56. The SMILES string of the molecule is NCCc1nc(C(=O)N2CCN(CC(O)c3ccccc3)CC2)cs1. The van der Waals surface area contributed by atoms with E-state index in [1.807, 2.05) is 40.6 Å². The van der Waals surface area contributed by atoms with Crippen molar-refractivity contribution in [2.24, 2.45) is 5.73 Å². The Morgan fingerprint density at radius 3 is 2.64 bits per heavy atom. The standard InChI is InChI=1S/C18H24N4O2S/c19-7-6-17-20-15(13-25-17)18(24)22-10-8-21(9-11-22)12-16(23)14-4-2-1-3-5-14/h1-5,13,16,23H,6-12,19H2. The summed E-state index contributed by atoms with van der Waals surface area (Å²) in [6, 6.07) is 9.68. The minimum atomic E-state index is -0.499. The number of aliphatic hydroxyl groups is 1. The number of aromatic nitrogens is 1. The molecule has 1 aliphatic heterocycles. The second kappa shape index (κ2) is 8.53. The van der Waals surface area contributed by atoms with E-state index < -0.39 is 6.10 Å². The van der Waals surface area contributed by atoms with Gasteiger partial charge in [0.25, 0.3) is 5.91 Å². The van der Waals surface area contributed by atoms with Crippen LogP contribution in [0.2, 0.25) is 0 Å². The van der Waals surface area contributed by atoms with Gasteiger partial charge in [0.1, 0.15) is 5.69 Å². The van der Waals surface area contributed by atoms with Crippen LogP contribution in [0.15, 0.2) is 35.7 Å². The van der Waals surface area contributed by atoms with Crippen molar-refractivity contribution in [3.05, 3.63) is 52.0 Å². The minimum Gasteiger partial charge on any atom is -0.387 e. The Labute approximate surface area is 151 Å². The van der Waals surface area contributed by atoms with Gasteiger partial charge in [0.05, 0.1) is 11.1 Å². The van der Waals surface area contributed by atoms with Crippen molar-refractivity contribution < 1.29 is 9.90 Å². The molecular formula is C18H24N4O2S. The van der Waals surface area contributed by atoms with Gasteiger partial charge in [-0.3, -0.25) is 9.69 Å². The average Bonchev–Trinajstić information content (AvgIpc) is 3.11. The van der Waals surface area contributed by atoms with Gasteiger partial charge in [-0.2, -0.15) is 0 Å². The normalized spacial score (nSPS) is 16.8. The van der Waals surface area contributed by atoms with Crippen LogP contribution in [-0.4, -0.2) is 65.1 Å². The number of thiazole rings is 1. The third kappa shape index (κ3) is 4.64. The van der Waals surface area contributed by atoms with E-state index in [2.05, 4.69) is 9.88 Å². The molecule has 1 unspecified atom stereocenters. The number of amides is 1. The van der Waals surface area contributed by atoms with Crippen molar-refractivity contribution in [1.29, 1.82) is 0 Å². The van der Waals surface area contributed by atoms with Crippen LogP contribution in [0.4, 0.5) is 0 Å². The lowest BCUT2D eigenvalue weighted by Crippen LogP contribution is -2.49. The van der Waals surface area contributed by atoms with Crippen LogP contribution < -0.4 is 5.73 Å². The molecule has 7 heteroatoms. The summed E-state index contributed by atoms with van der Waals surface area (Å²) in [6.45, 7) is 3.96. The van der Waals surface area contributed by atoms with E-state index in [0.29, 0.717) is 38.3 Å². The van der Waals surface area contributed by atoms with Crippen molar-refractivity contribution in [3.8, 4) is 0 Å². The molecule has 0 radical (unpaired) electrons. The van der Waals surface area contributed by atoms with E-state index in [1.54, 1.807) is 0 Å². The fourth-order valence-electron chi connectivity index (χ4n) is 2.97. The minimum absolute atomic E-state index is 0.0113. The summed E-state index contributed by atoms with van der Waals surface area (Å²) < 4.78 is 0. The van der Waals surface area contributed by atoms with Gasteiger partial charge in [-0.25, -0.2) is 4.98 Å². The maximum atomic E-state index is 12.5. The Morgan fingerprint density at radius 1 is 1.24 bits per heavy atom. The van der Waals surface area contributed by atoms with Gasteiger partial charge in [0.15, 0.2) is 0 Å². The van der Waals surface area contributed by atoms with E-state index in [-0.39, 0.29) is 5.91 Å². The highest BCUT2D eigenvalue weighted by Gasteiger charge is 2.25. The van der Waals surface area contributed by atoms with Crippen molar-refractivity contribution in [1.82, 2.24) is 14.8 Å². The van der Waals surface area contributed by atoms with Crippen LogP contribution in [0, 0.1) is 0 Å². The quantitative estimate of drug-likeness (QED) is 0.807. The fourth-order valence-corrected chi connectivity index (χ4v) is 3.76. The Kier molecular flexibility index (Phi) is 6.14. The third-order valence-electron chi connectivity index (χ3n) is 4.40. The molecule has 1 aromatic carbocycles. The van der Waals surface area contributed by atoms with E-state index in [9.17, 15) is 9.90 Å². The molecular weight excluding hydrogens is 336 g/mol. The van der Waals surface area contributed by atoms with E-state index >= 15 is 0 Å². The Hall–Kier alpha value is -1.80. The first-order chi connectivity index (χ1) is 12.2. The molecule has 25 heavy (non-hydrogen) atoms. The highest BCUT2D eigenvalue weighted by atomic mass is 32.1. The number of aliphatic hydroxyl groups excluding tert-OH is 1. The first kappa shape index (κ1) is 18.0. The first-order valence-corrected chi connectivity index (χ1v) is 9.44. The van der Waals surface area contributed by atoms with Gasteiger partial charge in [0, 0.05) is 44.5 Å². The molecule has 2 heterocycles. The summed E-state index contributed by atoms with van der Waals surface area (Å²) in [5.74, 6) is -0.0113. The van der Waals surface area contributed by atoms with Crippen LogP contribution in [0.3, 0.4) is 0 Å². The van der Waals surface area contributed by atoms with E-state index in [1.165, 1.54) is 11.3 Å². The highest BCUT2D eigenvalue weighted by molar-refractivity contribution is 7.09. The van der Waals surface area contributed by atoms with Crippen LogP contribution in [0.5, 0.6) is 0 Å². The van der Waals surface area contributed by atoms with Gasteiger partial charge >= 0.3 is 0 Å². The number of nitrogens with two attached hydrogens (primary N) is 1. The van der Waals surface area contributed by atoms with Crippen molar-refractivity contribution in [2.45, 2.75) is 12.5 Å². The second-order valence-corrected chi connectivity index (χ2v) is 7.13. The molecule has 1 aliphatic rings. The number of carbonyl (C=O) groups excluding carboxylic acids is 1. The molecule has 6 nitrogen and oxygen atoms in total. The molecule has 0 bridgehead atoms. The smallest absolute Gasteiger partial charge is 0.273 e. The molecule has 134 valence electrons. The zero-order chi connectivity index (χ0) is 17.6. The summed E-state index contributed by atoms with van der Waals surface area (Å²) in [5.41, 5.74) is 6.98. The van der Waals surface area contributed by atoms with E-state index in [4.69, 9.17) is 5.73 Å². The number of β-amino-alcohol motifs (C(OH)–C–C–N with tert-alkyl or cyclic N) is 1. The second-order valence-electron chi connectivity index (χ2n) is 6.18. The molecule has 1 atom stereocenters. The molecule has 0 spiro atoms. The molecule has 0 saturated carbocycles. The molecule has 1 saturated heterocycles. The largest absolute Gasteiger partial charge is 0.387 e. The predicted octanol–water partition coefficient (Wildman–Crippen LogP) is 1.14. The number of hydrogen-bond acceptors (Lipinski definition) is 6. The van der Waals surface area contributed by atoms with Crippen molar-refractivity contribution in [2.75, 3.05) is 39.3 Å². The number of benzene rings is 1. The zero-order valence-electron chi connectivity index (χ0n) is 14.2. The van der Waals surface area contributed by atoms with Crippen LogP contribution in [-0.2, 0) is 6.42 Å². The summed E-state index contributed by atoms with van der Waals surface area (Å²) in [6.07, 6.45) is 0.212. The molecule has 0 aliphatic carbocycles. The topological polar surface area (TPSA) is 82.7 Å². The summed E-state index contributed by atoms with van der Waals surface area (Å²) >= 11 is 1.49. The van der Waals surface area contributed by atoms with Gasteiger partial charge in [-0.05, 0) is 12.1 Å². The average molecular weight is 360 g/mol. The number of carbonyl (C=O) groups is 1. The lowest BCUT2D eigenvalue weighted by Gasteiger charge is -2.35. The monoisotopic (exact) mass is 360 g/mol. The van der Waals surface area contributed by atoms with Crippen LogP contribution in [0.1, 0.15) is 27.2 Å². The Balaban J connectivity index is 1.50. The van der Waals surface area contributed by atoms with Crippen molar-refractivity contribution >= 4 is 17.2 Å². The van der Waals surface area contributed by atoms with Crippen LogP contribution in [0.25, 0.3) is 0 Å².